The third-order valence-corrected chi connectivity index (χ3v) is 5.54. The van der Waals surface area contributed by atoms with Gasteiger partial charge in [-0.2, -0.15) is 0 Å². The topological polar surface area (TPSA) is 41.6 Å². The van der Waals surface area contributed by atoms with Crippen molar-refractivity contribution in [1.82, 2.24) is 4.90 Å². The summed E-state index contributed by atoms with van der Waals surface area (Å²) in [5.74, 6) is 1.03. The molecule has 0 atom stereocenters. The molecule has 1 amide bonds. The molecule has 150 valence electrons. The number of rotatable bonds is 9. The molecular weight excluding hydrogens is 348 g/mol. The summed E-state index contributed by atoms with van der Waals surface area (Å²) >= 11 is 0. The van der Waals surface area contributed by atoms with E-state index in [1.54, 1.807) is 0 Å². The van der Waals surface area contributed by atoms with Crippen LogP contribution < -0.4 is 10.1 Å². The highest BCUT2D eigenvalue weighted by molar-refractivity contribution is 5.81. The number of ether oxygens (including phenoxy) is 1. The van der Waals surface area contributed by atoms with Crippen LogP contribution in [0.3, 0.4) is 0 Å². The molecule has 0 aromatic heterocycles. The number of carbonyl (C=O) groups excluding carboxylic acids is 1. The lowest BCUT2D eigenvalue weighted by molar-refractivity contribution is -0.130. The third kappa shape index (κ3) is 6.29. The number of aryl methyl sites for hydroxylation is 1. The molecule has 4 nitrogen and oxygen atoms in total. The van der Waals surface area contributed by atoms with E-state index < -0.39 is 0 Å². The van der Waals surface area contributed by atoms with Gasteiger partial charge in [0, 0.05) is 18.8 Å². The molecule has 0 spiro atoms. The van der Waals surface area contributed by atoms with Crippen LogP contribution in [0.5, 0.6) is 5.75 Å². The molecule has 2 aromatic rings. The van der Waals surface area contributed by atoms with Crippen LogP contribution in [-0.2, 0) is 11.2 Å². The summed E-state index contributed by atoms with van der Waals surface area (Å²) in [6.45, 7) is 1.04. The van der Waals surface area contributed by atoms with E-state index in [-0.39, 0.29) is 5.91 Å². The molecule has 0 bridgehead atoms. The molecular formula is C24H32N2O2. The first-order valence-electron chi connectivity index (χ1n) is 10.5. The van der Waals surface area contributed by atoms with E-state index >= 15 is 0 Å². The van der Waals surface area contributed by atoms with Gasteiger partial charge in [0.25, 0.3) is 0 Å². The van der Waals surface area contributed by atoms with Crippen LogP contribution in [0, 0.1) is 0 Å². The minimum atomic E-state index is 0.160. The van der Waals surface area contributed by atoms with Gasteiger partial charge in [0.15, 0.2) is 0 Å². The van der Waals surface area contributed by atoms with Crippen LogP contribution in [-0.4, -0.2) is 37.0 Å². The summed E-state index contributed by atoms with van der Waals surface area (Å²) in [5.41, 5.74) is 2.29. The number of hydrogen-bond acceptors (Lipinski definition) is 3. The number of nitrogens with one attached hydrogen (secondary N) is 1. The Morgan fingerprint density at radius 3 is 2.46 bits per heavy atom. The number of nitrogens with zero attached hydrogens (tertiary/aromatic N) is 1. The van der Waals surface area contributed by atoms with Gasteiger partial charge in [0.2, 0.25) is 5.91 Å². The van der Waals surface area contributed by atoms with Crippen molar-refractivity contribution in [3.8, 4) is 5.75 Å². The lowest BCUT2D eigenvalue weighted by atomic mass is 9.94. The van der Waals surface area contributed by atoms with E-state index in [4.69, 9.17) is 4.74 Å². The Hall–Kier alpha value is -2.49. The van der Waals surface area contributed by atoms with Crippen LogP contribution in [0.1, 0.15) is 44.1 Å². The van der Waals surface area contributed by atoms with Gasteiger partial charge in [-0.1, -0.05) is 49.6 Å². The van der Waals surface area contributed by atoms with Crippen LogP contribution >= 0.6 is 0 Å². The Morgan fingerprint density at radius 2 is 1.75 bits per heavy atom. The van der Waals surface area contributed by atoms with Crippen molar-refractivity contribution in [3.63, 3.8) is 0 Å². The van der Waals surface area contributed by atoms with E-state index in [2.05, 4.69) is 29.6 Å². The molecule has 1 aliphatic carbocycles. The van der Waals surface area contributed by atoms with Gasteiger partial charge in [-0.3, -0.25) is 4.79 Å². The summed E-state index contributed by atoms with van der Waals surface area (Å²) in [6.07, 6.45) is 8.07. The van der Waals surface area contributed by atoms with Crippen LogP contribution in [0.2, 0.25) is 0 Å². The molecule has 0 heterocycles. The van der Waals surface area contributed by atoms with Crippen molar-refractivity contribution < 1.29 is 9.53 Å². The first-order chi connectivity index (χ1) is 13.7. The van der Waals surface area contributed by atoms with Gasteiger partial charge in [0.1, 0.15) is 5.75 Å². The van der Waals surface area contributed by atoms with Crippen molar-refractivity contribution in [1.29, 1.82) is 0 Å². The average Bonchev–Trinajstić information content (AvgIpc) is 2.76. The van der Waals surface area contributed by atoms with Crippen LogP contribution in [0.25, 0.3) is 0 Å². The Kier molecular flexibility index (Phi) is 7.77. The highest BCUT2D eigenvalue weighted by atomic mass is 16.5. The zero-order chi connectivity index (χ0) is 19.6. The van der Waals surface area contributed by atoms with Gasteiger partial charge in [0.05, 0.1) is 13.2 Å². The predicted molar refractivity (Wildman–Crippen MR) is 115 cm³/mol. The number of likely N-dealkylation sites (N-methyl/N-ethyl adjacent to an activating group) is 1. The summed E-state index contributed by atoms with van der Waals surface area (Å²) in [5, 5.41) is 3.23. The molecule has 1 fully saturated rings. The van der Waals surface area contributed by atoms with E-state index in [0.29, 0.717) is 19.2 Å². The van der Waals surface area contributed by atoms with E-state index in [1.165, 1.54) is 24.8 Å². The molecule has 2 aromatic carbocycles. The van der Waals surface area contributed by atoms with Gasteiger partial charge >= 0.3 is 0 Å². The molecule has 0 saturated heterocycles. The maximum Gasteiger partial charge on any atom is 0.241 e. The largest absolute Gasteiger partial charge is 0.494 e. The SMILES string of the molecule is CN(C(=O)CNc1ccc(OCCCc2ccccc2)cc1)C1CCCCC1. The average molecular weight is 381 g/mol. The monoisotopic (exact) mass is 380 g/mol. The molecule has 0 unspecified atom stereocenters. The smallest absolute Gasteiger partial charge is 0.241 e. The van der Waals surface area contributed by atoms with E-state index in [0.717, 1.165) is 37.1 Å². The molecule has 0 radical (unpaired) electrons. The highest BCUT2D eigenvalue weighted by Gasteiger charge is 2.21. The van der Waals surface area contributed by atoms with Gasteiger partial charge < -0.3 is 15.0 Å². The first kappa shape index (κ1) is 20.2. The number of benzene rings is 2. The van der Waals surface area contributed by atoms with Crippen molar-refractivity contribution in [2.45, 2.75) is 51.0 Å². The van der Waals surface area contributed by atoms with Gasteiger partial charge in [-0.15, -0.1) is 0 Å². The Bertz CT molecular complexity index is 709. The second-order valence-electron chi connectivity index (χ2n) is 7.61. The maximum atomic E-state index is 12.4. The van der Waals surface area contributed by atoms with Crippen molar-refractivity contribution >= 4 is 11.6 Å². The van der Waals surface area contributed by atoms with Gasteiger partial charge in [-0.25, -0.2) is 0 Å². The normalized spacial score (nSPS) is 14.5. The summed E-state index contributed by atoms with van der Waals surface area (Å²) < 4.78 is 5.82. The number of carbonyl (C=O) groups is 1. The fraction of sp³-hybridized carbons (Fsp3) is 0.458. The quantitative estimate of drug-likeness (QED) is 0.629. The molecule has 3 rings (SSSR count). The summed E-state index contributed by atoms with van der Waals surface area (Å²) in [4.78, 5) is 14.3. The lowest BCUT2D eigenvalue weighted by Crippen LogP contribution is -2.41. The minimum absolute atomic E-state index is 0.160. The Morgan fingerprint density at radius 1 is 1.04 bits per heavy atom. The zero-order valence-corrected chi connectivity index (χ0v) is 16.9. The number of amides is 1. The molecule has 1 saturated carbocycles. The molecule has 0 aliphatic heterocycles. The van der Waals surface area contributed by atoms with Gasteiger partial charge in [-0.05, 0) is 55.5 Å². The highest BCUT2D eigenvalue weighted by Crippen LogP contribution is 2.22. The predicted octanol–water partition coefficient (Wildman–Crippen LogP) is 4.90. The first-order valence-corrected chi connectivity index (χ1v) is 10.5. The fourth-order valence-corrected chi connectivity index (χ4v) is 3.75. The third-order valence-electron chi connectivity index (χ3n) is 5.54. The van der Waals surface area contributed by atoms with Crippen molar-refractivity contribution in [2.75, 3.05) is 25.5 Å². The molecule has 4 heteroatoms. The van der Waals surface area contributed by atoms with Crippen LogP contribution in [0.15, 0.2) is 54.6 Å². The summed E-state index contributed by atoms with van der Waals surface area (Å²) in [7, 11) is 1.94. The second kappa shape index (κ2) is 10.7. The zero-order valence-electron chi connectivity index (χ0n) is 16.9. The molecule has 1 aliphatic rings. The second-order valence-corrected chi connectivity index (χ2v) is 7.61. The van der Waals surface area contributed by atoms with E-state index in [1.807, 2.05) is 42.3 Å². The Labute approximate surface area is 168 Å². The lowest BCUT2D eigenvalue weighted by Gasteiger charge is -2.31. The van der Waals surface area contributed by atoms with Crippen LogP contribution in [0.4, 0.5) is 5.69 Å². The fourth-order valence-electron chi connectivity index (χ4n) is 3.75. The van der Waals surface area contributed by atoms with E-state index in [9.17, 15) is 4.79 Å². The molecule has 1 N–H and O–H groups in total. The van der Waals surface area contributed by atoms with Crippen molar-refractivity contribution in [3.05, 3.63) is 60.2 Å². The van der Waals surface area contributed by atoms with Crippen molar-refractivity contribution in [2.24, 2.45) is 0 Å². The standard InChI is InChI=1S/C24H32N2O2/c1-26(22-12-6-3-7-13-22)24(27)19-25-21-14-16-23(17-15-21)28-18-8-11-20-9-4-2-5-10-20/h2,4-5,9-10,14-17,22,25H,3,6-8,11-13,18-19H2,1H3. The Balaban J connectivity index is 1.36. The number of hydrogen-bond donors (Lipinski definition) is 1. The molecule has 28 heavy (non-hydrogen) atoms. The summed E-state index contributed by atoms with van der Waals surface area (Å²) in [6, 6.07) is 18.7. The number of anilines is 1. The minimum Gasteiger partial charge on any atom is -0.494 e. The maximum absolute atomic E-state index is 12.4.